The molecule has 0 saturated heterocycles. The Labute approximate surface area is 129 Å². The first-order valence-corrected chi connectivity index (χ1v) is 7.22. The number of carbonyl (C=O) groups is 1. The third-order valence-corrected chi connectivity index (χ3v) is 3.24. The Balaban J connectivity index is 1.91. The van der Waals surface area contributed by atoms with Gasteiger partial charge in [0.25, 0.3) is 0 Å². The van der Waals surface area contributed by atoms with E-state index in [4.69, 9.17) is 0 Å². The van der Waals surface area contributed by atoms with E-state index in [0.29, 0.717) is 17.9 Å². The molecule has 0 unspecified atom stereocenters. The summed E-state index contributed by atoms with van der Waals surface area (Å²) in [6.45, 7) is 4.54. The molecule has 0 aliphatic rings. The summed E-state index contributed by atoms with van der Waals surface area (Å²) in [7, 11) is 1.78. The summed E-state index contributed by atoms with van der Waals surface area (Å²) in [6.07, 6.45) is 1.65. The van der Waals surface area contributed by atoms with Crippen molar-refractivity contribution >= 4 is 11.7 Å². The van der Waals surface area contributed by atoms with E-state index in [1.165, 1.54) is 6.07 Å². The first-order chi connectivity index (χ1) is 10.5. The number of aromatic nitrogens is 2. The van der Waals surface area contributed by atoms with E-state index in [-0.39, 0.29) is 24.3 Å². The Kier molecular flexibility index (Phi) is 5.27. The molecular formula is C16H21FN4O. The minimum absolute atomic E-state index is 0.152. The third kappa shape index (κ3) is 4.14. The Hall–Kier alpha value is -2.21. The molecular weight excluding hydrogens is 283 g/mol. The normalized spacial score (nSPS) is 11.2. The molecule has 22 heavy (non-hydrogen) atoms. The Morgan fingerprint density at radius 3 is 2.77 bits per heavy atom. The van der Waals surface area contributed by atoms with Crippen LogP contribution in [-0.4, -0.2) is 34.2 Å². The number of amides is 1. The van der Waals surface area contributed by atoms with Gasteiger partial charge in [-0.2, -0.15) is 5.10 Å². The zero-order chi connectivity index (χ0) is 16.1. The van der Waals surface area contributed by atoms with E-state index in [1.807, 2.05) is 13.8 Å². The van der Waals surface area contributed by atoms with Gasteiger partial charge in [-0.1, -0.05) is 18.2 Å². The molecule has 2 rings (SSSR count). The number of benzene rings is 1. The van der Waals surface area contributed by atoms with Crippen LogP contribution in [0.5, 0.6) is 0 Å². The van der Waals surface area contributed by atoms with Crippen molar-refractivity contribution in [3.05, 3.63) is 47.9 Å². The molecule has 1 aromatic carbocycles. The van der Waals surface area contributed by atoms with Gasteiger partial charge in [-0.15, -0.1) is 0 Å². The quantitative estimate of drug-likeness (QED) is 0.892. The second-order valence-corrected chi connectivity index (χ2v) is 5.57. The highest BCUT2D eigenvalue weighted by Gasteiger charge is 2.12. The number of hydrogen-bond donors (Lipinski definition) is 1. The Morgan fingerprint density at radius 2 is 2.09 bits per heavy atom. The molecule has 0 bridgehead atoms. The van der Waals surface area contributed by atoms with Crippen LogP contribution in [0, 0.1) is 5.82 Å². The van der Waals surface area contributed by atoms with Gasteiger partial charge in [0.2, 0.25) is 5.91 Å². The molecule has 0 saturated carbocycles. The standard InChI is InChI=1S/C16H21FN4O/c1-12(2)21-15(8-9-18-21)19-16(22)11-20(3)10-13-6-4-5-7-14(13)17/h4-9,12H,10-11H2,1-3H3,(H,19,22). The van der Waals surface area contributed by atoms with Crippen LogP contribution in [-0.2, 0) is 11.3 Å². The highest BCUT2D eigenvalue weighted by Crippen LogP contribution is 2.13. The van der Waals surface area contributed by atoms with Gasteiger partial charge in [0.1, 0.15) is 11.6 Å². The largest absolute Gasteiger partial charge is 0.310 e. The van der Waals surface area contributed by atoms with E-state index in [0.717, 1.165) is 0 Å². The fraction of sp³-hybridized carbons (Fsp3) is 0.375. The fourth-order valence-electron chi connectivity index (χ4n) is 2.23. The highest BCUT2D eigenvalue weighted by molar-refractivity contribution is 5.91. The van der Waals surface area contributed by atoms with Crippen LogP contribution in [0.3, 0.4) is 0 Å². The van der Waals surface area contributed by atoms with Crippen molar-refractivity contribution in [3.63, 3.8) is 0 Å². The molecule has 0 fully saturated rings. The minimum atomic E-state index is -0.257. The second-order valence-electron chi connectivity index (χ2n) is 5.57. The average Bonchev–Trinajstić information content (AvgIpc) is 2.89. The van der Waals surface area contributed by atoms with E-state index in [2.05, 4.69) is 10.4 Å². The summed E-state index contributed by atoms with van der Waals surface area (Å²) in [4.78, 5) is 13.9. The number of halogens is 1. The van der Waals surface area contributed by atoms with Gasteiger partial charge in [0.05, 0.1) is 12.7 Å². The molecule has 0 atom stereocenters. The average molecular weight is 304 g/mol. The van der Waals surface area contributed by atoms with E-state index in [1.54, 1.807) is 47.1 Å². The number of nitrogens with zero attached hydrogens (tertiary/aromatic N) is 3. The lowest BCUT2D eigenvalue weighted by molar-refractivity contribution is -0.117. The van der Waals surface area contributed by atoms with Crippen molar-refractivity contribution in [2.45, 2.75) is 26.4 Å². The molecule has 1 amide bonds. The summed E-state index contributed by atoms with van der Waals surface area (Å²) in [5.41, 5.74) is 0.574. The van der Waals surface area contributed by atoms with Crippen molar-refractivity contribution in [1.82, 2.24) is 14.7 Å². The molecule has 0 spiro atoms. The Bertz CT molecular complexity index is 639. The first-order valence-electron chi connectivity index (χ1n) is 7.22. The number of likely N-dealkylation sites (N-methyl/N-ethyl adjacent to an activating group) is 1. The maximum atomic E-state index is 13.6. The molecule has 0 aliphatic carbocycles. The lowest BCUT2D eigenvalue weighted by atomic mass is 10.2. The van der Waals surface area contributed by atoms with Crippen LogP contribution in [0.15, 0.2) is 36.5 Å². The first kappa shape index (κ1) is 16.2. The van der Waals surface area contributed by atoms with Gasteiger partial charge in [0.15, 0.2) is 0 Å². The summed E-state index contributed by atoms with van der Waals surface area (Å²) in [5.74, 6) is 0.258. The zero-order valence-electron chi connectivity index (χ0n) is 13.1. The van der Waals surface area contributed by atoms with Gasteiger partial charge in [0, 0.05) is 24.2 Å². The molecule has 0 radical (unpaired) electrons. The van der Waals surface area contributed by atoms with Crippen LogP contribution in [0.2, 0.25) is 0 Å². The number of hydrogen-bond acceptors (Lipinski definition) is 3. The third-order valence-electron chi connectivity index (χ3n) is 3.24. The molecule has 5 nitrogen and oxygen atoms in total. The van der Waals surface area contributed by atoms with Gasteiger partial charge in [-0.3, -0.25) is 9.69 Å². The summed E-state index contributed by atoms with van der Waals surface area (Å²) in [6, 6.07) is 8.50. The van der Waals surface area contributed by atoms with Crippen LogP contribution in [0.25, 0.3) is 0 Å². The van der Waals surface area contributed by atoms with E-state index in [9.17, 15) is 9.18 Å². The number of anilines is 1. The van der Waals surface area contributed by atoms with Gasteiger partial charge < -0.3 is 5.32 Å². The van der Waals surface area contributed by atoms with Crippen molar-refractivity contribution < 1.29 is 9.18 Å². The summed E-state index contributed by atoms with van der Waals surface area (Å²) >= 11 is 0. The summed E-state index contributed by atoms with van der Waals surface area (Å²) in [5, 5.41) is 7.00. The maximum absolute atomic E-state index is 13.6. The summed E-state index contributed by atoms with van der Waals surface area (Å²) < 4.78 is 15.3. The lowest BCUT2D eigenvalue weighted by Crippen LogP contribution is -2.30. The minimum Gasteiger partial charge on any atom is -0.310 e. The van der Waals surface area contributed by atoms with Crippen LogP contribution in [0.1, 0.15) is 25.5 Å². The second kappa shape index (κ2) is 7.17. The van der Waals surface area contributed by atoms with Crippen LogP contribution < -0.4 is 5.32 Å². The van der Waals surface area contributed by atoms with Crippen molar-refractivity contribution in [1.29, 1.82) is 0 Å². The topological polar surface area (TPSA) is 50.2 Å². The SMILES string of the molecule is CC(C)n1nccc1NC(=O)CN(C)Cc1ccccc1F. The number of nitrogens with one attached hydrogen (secondary N) is 1. The van der Waals surface area contributed by atoms with Crippen molar-refractivity contribution in [2.75, 3.05) is 18.9 Å². The zero-order valence-corrected chi connectivity index (χ0v) is 13.1. The van der Waals surface area contributed by atoms with Gasteiger partial charge >= 0.3 is 0 Å². The van der Waals surface area contributed by atoms with Gasteiger partial charge in [-0.05, 0) is 27.0 Å². The van der Waals surface area contributed by atoms with Crippen molar-refractivity contribution in [2.24, 2.45) is 0 Å². The number of carbonyl (C=O) groups excluding carboxylic acids is 1. The fourth-order valence-corrected chi connectivity index (χ4v) is 2.23. The molecule has 118 valence electrons. The molecule has 1 N–H and O–H groups in total. The molecule has 0 aliphatic heterocycles. The lowest BCUT2D eigenvalue weighted by Gasteiger charge is -2.17. The van der Waals surface area contributed by atoms with E-state index >= 15 is 0 Å². The molecule has 2 aromatic rings. The molecule has 1 heterocycles. The highest BCUT2D eigenvalue weighted by atomic mass is 19.1. The smallest absolute Gasteiger partial charge is 0.239 e. The van der Waals surface area contributed by atoms with E-state index < -0.39 is 0 Å². The maximum Gasteiger partial charge on any atom is 0.239 e. The molecule has 6 heteroatoms. The Morgan fingerprint density at radius 1 is 1.36 bits per heavy atom. The van der Waals surface area contributed by atoms with Gasteiger partial charge in [-0.25, -0.2) is 9.07 Å². The number of rotatable bonds is 6. The predicted octanol–water partition coefficient (Wildman–Crippen LogP) is 2.67. The molecule has 1 aromatic heterocycles. The monoisotopic (exact) mass is 304 g/mol. The predicted molar refractivity (Wildman–Crippen MR) is 84.0 cm³/mol. The van der Waals surface area contributed by atoms with Crippen LogP contribution >= 0.6 is 0 Å². The van der Waals surface area contributed by atoms with Crippen LogP contribution in [0.4, 0.5) is 10.2 Å². The van der Waals surface area contributed by atoms with Crippen molar-refractivity contribution in [3.8, 4) is 0 Å².